The summed E-state index contributed by atoms with van der Waals surface area (Å²) in [7, 11) is 0. The first-order valence-corrected chi connectivity index (χ1v) is 8.88. The van der Waals surface area contributed by atoms with Gasteiger partial charge in [0, 0.05) is 24.8 Å². The van der Waals surface area contributed by atoms with E-state index >= 15 is 0 Å². The van der Waals surface area contributed by atoms with Crippen molar-refractivity contribution < 1.29 is 18.0 Å². The first kappa shape index (κ1) is 20.1. The van der Waals surface area contributed by atoms with Crippen molar-refractivity contribution in [3.05, 3.63) is 45.6 Å². The van der Waals surface area contributed by atoms with E-state index < -0.39 is 17.8 Å². The minimum atomic E-state index is -4.60. The maximum Gasteiger partial charge on any atom is 0.433 e. The van der Waals surface area contributed by atoms with Gasteiger partial charge in [0.1, 0.15) is 5.69 Å². The average Bonchev–Trinajstić information content (AvgIpc) is 3.13. The van der Waals surface area contributed by atoms with Gasteiger partial charge in [-0.2, -0.15) is 23.4 Å². The summed E-state index contributed by atoms with van der Waals surface area (Å²) >= 11 is 6.09. The highest BCUT2D eigenvalue weighted by Crippen LogP contribution is 2.29. The van der Waals surface area contributed by atoms with Crippen LogP contribution in [0.15, 0.2) is 12.1 Å². The minimum absolute atomic E-state index is 0.0326. The summed E-state index contributed by atoms with van der Waals surface area (Å²) in [4.78, 5) is 16.3. The van der Waals surface area contributed by atoms with Crippen molar-refractivity contribution >= 4 is 23.2 Å². The molecular formula is C17H18ClF3N6O. The number of hydrogen-bond acceptors (Lipinski definition) is 4. The van der Waals surface area contributed by atoms with Crippen molar-refractivity contribution in [2.24, 2.45) is 0 Å². The maximum atomic E-state index is 13.2. The van der Waals surface area contributed by atoms with Gasteiger partial charge in [0.05, 0.1) is 16.4 Å². The number of aryl methyl sites for hydroxylation is 3. The molecule has 0 bridgehead atoms. The zero-order valence-corrected chi connectivity index (χ0v) is 16.2. The van der Waals surface area contributed by atoms with E-state index in [9.17, 15) is 18.0 Å². The number of aromatic nitrogens is 5. The van der Waals surface area contributed by atoms with Gasteiger partial charge in [0.2, 0.25) is 0 Å². The monoisotopic (exact) mass is 414 g/mol. The van der Waals surface area contributed by atoms with E-state index in [2.05, 4.69) is 20.5 Å². The molecule has 0 radical (unpaired) electrons. The SMILES string of the molecule is Cc1cc(C(F)(F)F)n2nc(C(=O)NCCCn3nc(C)c(Cl)c3C)cc2n1. The van der Waals surface area contributed by atoms with Crippen molar-refractivity contribution in [1.29, 1.82) is 0 Å². The molecule has 0 aliphatic heterocycles. The molecule has 11 heteroatoms. The van der Waals surface area contributed by atoms with Crippen LogP contribution in [0.3, 0.4) is 0 Å². The molecule has 0 aromatic carbocycles. The number of hydrogen-bond donors (Lipinski definition) is 1. The lowest BCUT2D eigenvalue weighted by Gasteiger charge is -2.09. The Kier molecular flexibility index (Phi) is 5.33. The zero-order chi connectivity index (χ0) is 20.6. The Bertz CT molecular complexity index is 1040. The van der Waals surface area contributed by atoms with Gasteiger partial charge in [-0.15, -0.1) is 0 Å². The Hall–Kier alpha value is -2.62. The molecule has 0 saturated carbocycles. The van der Waals surface area contributed by atoms with Gasteiger partial charge >= 0.3 is 6.18 Å². The molecule has 7 nitrogen and oxygen atoms in total. The van der Waals surface area contributed by atoms with E-state index in [0.29, 0.717) is 29.0 Å². The van der Waals surface area contributed by atoms with Crippen molar-refractivity contribution in [3.8, 4) is 0 Å². The summed E-state index contributed by atoms with van der Waals surface area (Å²) in [6.07, 6.45) is -4.03. The van der Waals surface area contributed by atoms with E-state index in [4.69, 9.17) is 11.6 Å². The van der Waals surface area contributed by atoms with Crippen molar-refractivity contribution in [1.82, 2.24) is 29.7 Å². The first-order chi connectivity index (χ1) is 13.1. The van der Waals surface area contributed by atoms with Crippen molar-refractivity contribution in [2.75, 3.05) is 6.54 Å². The molecule has 3 rings (SSSR count). The first-order valence-electron chi connectivity index (χ1n) is 8.50. The standard InChI is InChI=1S/C17H18ClF3N6O/c1-9-7-13(17(19,20)21)27-14(23-9)8-12(25-27)16(28)22-5-4-6-26-11(3)15(18)10(2)24-26/h7-8H,4-6H2,1-3H3,(H,22,28). The lowest BCUT2D eigenvalue weighted by molar-refractivity contribution is -0.142. The zero-order valence-electron chi connectivity index (χ0n) is 15.4. The van der Waals surface area contributed by atoms with Crippen LogP contribution in [0, 0.1) is 20.8 Å². The second-order valence-electron chi connectivity index (χ2n) is 6.40. The number of carbonyl (C=O) groups is 1. The van der Waals surface area contributed by atoms with Crippen LogP contribution in [0.4, 0.5) is 13.2 Å². The Morgan fingerprint density at radius 3 is 2.54 bits per heavy atom. The van der Waals surface area contributed by atoms with Crippen LogP contribution >= 0.6 is 11.6 Å². The van der Waals surface area contributed by atoms with Gasteiger partial charge in [-0.3, -0.25) is 9.48 Å². The summed E-state index contributed by atoms with van der Waals surface area (Å²) in [6, 6.07) is 2.12. The van der Waals surface area contributed by atoms with Gasteiger partial charge in [-0.1, -0.05) is 11.6 Å². The highest BCUT2D eigenvalue weighted by Gasteiger charge is 2.35. The number of halogens is 4. The minimum Gasteiger partial charge on any atom is -0.351 e. The second-order valence-corrected chi connectivity index (χ2v) is 6.78. The molecule has 0 atom stereocenters. The Labute approximate surface area is 163 Å². The number of alkyl halides is 3. The van der Waals surface area contributed by atoms with Gasteiger partial charge < -0.3 is 5.32 Å². The molecule has 0 saturated heterocycles. The van der Waals surface area contributed by atoms with Crippen LogP contribution in [-0.2, 0) is 12.7 Å². The van der Waals surface area contributed by atoms with Gasteiger partial charge in [0.15, 0.2) is 11.3 Å². The predicted octanol–water partition coefficient (Wildman–Crippen LogP) is 3.34. The van der Waals surface area contributed by atoms with Crippen LogP contribution in [0.1, 0.15) is 39.7 Å². The number of fused-ring (bicyclic) bond motifs is 1. The van der Waals surface area contributed by atoms with Gasteiger partial charge in [0.25, 0.3) is 5.91 Å². The fourth-order valence-electron chi connectivity index (χ4n) is 2.83. The molecule has 0 unspecified atom stereocenters. The number of nitrogens with zero attached hydrogens (tertiary/aromatic N) is 5. The molecule has 0 spiro atoms. The highest BCUT2D eigenvalue weighted by molar-refractivity contribution is 6.31. The van der Waals surface area contributed by atoms with Crippen LogP contribution in [0.25, 0.3) is 5.65 Å². The average molecular weight is 415 g/mol. The van der Waals surface area contributed by atoms with E-state index in [1.165, 1.54) is 13.0 Å². The topological polar surface area (TPSA) is 77.1 Å². The molecule has 1 amide bonds. The number of carbonyl (C=O) groups excluding carboxylic acids is 1. The summed E-state index contributed by atoms with van der Waals surface area (Å²) in [5, 5.41) is 11.3. The van der Waals surface area contributed by atoms with Crippen LogP contribution in [0.5, 0.6) is 0 Å². The second kappa shape index (κ2) is 7.42. The summed E-state index contributed by atoms with van der Waals surface area (Å²) < 4.78 is 41.9. The fourth-order valence-corrected chi connectivity index (χ4v) is 2.96. The molecule has 150 valence electrons. The normalized spacial score (nSPS) is 12.0. The Morgan fingerprint density at radius 1 is 1.21 bits per heavy atom. The molecule has 3 heterocycles. The predicted molar refractivity (Wildman–Crippen MR) is 96.4 cm³/mol. The molecule has 3 aromatic rings. The van der Waals surface area contributed by atoms with E-state index in [-0.39, 0.29) is 17.0 Å². The summed E-state index contributed by atoms with van der Waals surface area (Å²) in [5.74, 6) is -0.567. The fraction of sp³-hybridized carbons (Fsp3) is 0.412. The molecular weight excluding hydrogens is 397 g/mol. The third kappa shape index (κ3) is 3.96. The maximum absolute atomic E-state index is 13.2. The third-order valence-corrected chi connectivity index (χ3v) is 4.75. The van der Waals surface area contributed by atoms with E-state index in [0.717, 1.165) is 17.5 Å². The summed E-state index contributed by atoms with van der Waals surface area (Å²) in [6.45, 7) is 5.96. The van der Waals surface area contributed by atoms with Crippen molar-refractivity contribution in [2.45, 2.75) is 39.9 Å². The van der Waals surface area contributed by atoms with Crippen LogP contribution in [0.2, 0.25) is 5.02 Å². The number of rotatable bonds is 5. The molecule has 1 N–H and O–H groups in total. The Balaban J connectivity index is 1.67. The molecule has 0 fully saturated rings. The quantitative estimate of drug-likeness (QED) is 0.649. The highest BCUT2D eigenvalue weighted by atomic mass is 35.5. The molecule has 28 heavy (non-hydrogen) atoms. The Morgan fingerprint density at radius 2 is 1.93 bits per heavy atom. The van der Waals surface area contributed by atoms with Crippen LogP contribution < -0.4 is 5.32 Å². The van der Waals surface area contributed by atoms with Crippen molar-refractivity contribution in [3.63, 3.8) is 0 Å². The van der Waals surface area contributed by atoms with Crippen LogP contribution in [-0.4, -0.2) is 36.8 Å². The smallest absolute Gasteiger partial charge is 0.351 e. The van der Waals surface area contributed by atoms with Gasteiger partial charge in [-0.05, 0) is 33.3 Å². The van der Waals surface area contributed by atoms with E-state index in [1.807, 2.05) is 13.8 Å². The molecule has 0 aliphatic rings. The number of nitrogens with one attached hydrogen (secondary N) is 1. The van der Waals surface area contributed by atoms with Gasteiger partial charge in [-0.25, -0.2) is 9.50 Å². The molecule has 3 aromatic heterocycles. The van der Waals surface area contributed by atoms with E-state index in [1.54, 1.807) is 4.68 Å². The molecule has 0 aliphatic carbocycles. The largest absolute Gasteiger partial charge is 0.433 e. The number of amides is 1. The summed E-state index contributed by atoms with van der Waals surface area (Å²) in [5.41, 5.74) is 0.626. The lowest BCUT2D eigenvalue weighted by Crippen LogP contribution is -2.26. The lowest BCUT2D eigenvalue weighted by atomic mass is 10.3. The third-order valence-electron chi connectivity index (χ3n) is 4.20.